The van der Waals surface area contributed by atoms with Gasteiger partial charge in [0.05, 0.1) is 16.5 Å². The van der Waals surface area contributed by atoms with Crippen molar-refractivity contribution < 1.29 is 46.5 Å². The average Bonchev–Trinajstić information content (AvgIpc) is 2.81. The Bertz CT molecular complexity index is 1390. The largest absolute Gasteiger partial charge is 0.507 e. The van der Waals surface area contributed by atoms with Crippen molar-refractivity contribution in [2.24, 2.45) is 5.41 Å². The Kier molecular flexibility index (Phi) is 7.11. The number of halogens is 5. The Morgan fingerprint density at radius 2 is 1.66 bits per heavy atom. The van der Waals surface area contributed by atoms with Crippen LogP contribution in [0.25, 0.3) is 10.8 Å². The van der Waals surface area contributed by atoms with E-state index in [0.717, 1.165) is 12.5 Å². The number of benzene rings is 3. The second kappa shape index (κ2) is 9.89. The van der Waals surface area contributed by atoms with Gasteiger partial charge in [-0.1, -0.05) is 36.8 Å². The van der Waals surface area contributed by atoms with Crippen molar-refractivity contribution in [2.75, 3.05) is 0 Å². The van der Waals surface area contributed by atoms with Gasteiger partial charge in [0, 0.05) is 29.7 Å². The number of alkyl halides is 5. The van der Waals surface area contributed by atoms with E-state index in [1.165, 1.54) is 6.07 Å². The van der Waals surface area contributed by atoms with Crippen molar-refractivity contribution in [2.45, 2.75) is 57.7 Å². The van der Waals surface area contributed by atoms with Gasteiger partial charge in [-0.3, -0.25) is 9.59 Å². The van der Waals surface area contributed by atoms with Gasteiger partial charge in [0.15, 0.2) is 5.78 Å². The number of phenolic OH excluding ortho intramolecular Hbond substituents is 1. The van der Waals surface area contributed by atoms with Crippen molar-refractivity contribution in [3.8, 4) is 11.5 Å². The molecule has 0 atom stereocenters. The number of carboxylic acids is 1. The van der Waals surface area contributed by atoms with E-state index in [2.05, 4.69) is 0 Å². The number of carbonyl (C=O) groups is 2. The standard InChI is InChI=1S/C28H25F5O5/c1-26(29,30)21-13-17(28(31,32)33)8-7-16(21)15-38-24-19-6-3-2-5-18(19)23(35)14-20(24)22(34)9-12-27(25(36)37)10-4-11-27/h2-3,5-8,13-14,35H,4,9-12,15H2,1H3,(H,36,37). The molecular weight excluding hydrogens is 511 g/mol. The number of Topliss-reactive ketones (excluding diaryl/α,β-unsaturated/α-hetero) is 1. The highest BCUT2D eigenvalue weighted by atomic mass is 19.4. The van der Waals surface area contributed by atoms with Crippen LogP contribution in [0.2, 0.25) is 0 Å². The number of aliphatic carboxylic acids is 1. The fraction of sp³-hybridized carbons (Fsp3) is 0.357. The maximum absolute atomic E-state index is 14.3. The third-order valence-electron chi connectivity index (χ3n) is 7.15. The molecule has 0 unspecified atom stereocenters. The summed E-state index contributed by atoms with van der Waals surface area (Å²) in [4.78, 5) is 24.9. The molecule has 0 spiro atoms. The van der Waals surface area contributed by atoms with Crippen molar-refractivity contribution in [1.82, 2.24) is 0 Å². The molecule has 0 amide bonds. The number of carbonyl (C=O) groups excluding carboxylic acids is 1. The summed E-state index contributed by atoms with van der Waals surface area (Å²) in [7, 11) is 0. The summed E-state index contributed by atoms with van der Waals surface area (Å²) in [6, 6.07) is 9.50. The van der Waals surface area contributed by atoms with Gasteiger partial charge in [-0.2, -0.15) is 13.2 Å². The third-order valence-corrected chi connectivity index (χ3v) is 7.15. The molecule has 1 aliphatic rings. The molecule has 0 aromatic heterocycles. The molecule has 5 nitrogen and oxygen atoms in total. The minimum Gasteiger partial charge on any atom is -0.507 e. The molecule has 2 N–H and O–H groups in total. The molecule has 0 heterocycles. The predicted octanol–water partition coefficient (Wildman–Crippen LogP) is 7.47. The van der Waals surface area contributed by atoms with Crippen LogP contribution in [0.4, 0.5) is 22.0 Å². The van der Waals surface area contributed by atoms with Gasteiger partial charge < -0.3 is 14.9 Å². The van der Waals surface area contributed by atoms with Crippen LogP contribution in [-0.2, 0) is 23.5 Å². The molecule has 1 aliphatic carbocycles. The highest BCUT2D eigenvalue weighted by molar-refractivity contribution is 6.07. The Balaban J connectivity index is 1.71. The number of hydrogen-bond donors (Lipinski definition) is 2. The Hall–Kier alpha value is -3.69. The molecule has 4 rings (SSSR count). The second-order valence-corrected chi connectivity index (χ2v) is 9.73. The molecule has 38 heavy (non-hydrogen) atoms. The lowest BCUT2D eigenvalue weighted by atomic mass is 9.66. The Morgan fingerprint density at radius 1 is 1.00 bits per heavy atom. The smallest absolute Gasteiger partial charge is 0.416 e. The second-order valence-electron chi connectivity index (χ2n) is 9.73. The summed E-state index contributed by atoms with van der Waals surface area (Å²) in [6.07, 6.45) is -3.25. The quantitative estimate of drug-likeness (QED) is 0.219. The van der Waals surface area contributed by atoms with Crippen LogP contribution in [0.15, 0.2) is 48.5 Å². The number of hydrogen-bond acceptors (Lipinski definition) is 4. The number of ether oxygens (including phenoxy) is 1. The van der Waals surface area contributed by atoms with Gasteiger partial charge in [-0.05, 0) is 43.0 Å². The summed E-state index contributed by atoms with van der Waals surface area (Å²) in [5.74, 6) is -5.37. The van der Waals surface area contributed by atoms with E-state index in [4.69, 9.17) is 4.74 Å². The minimum absolute atomic E-state index is 0.0355. The molecular formula is C28H25F5O5. The van der Waals surface area contributed by atoms with E-state index < -0.39 is 47.0 Å². The zero-order valence-electron chi connectivity index (χ0n) is 20.4. The minimum atomic E-state index is -4.82. The first kappa shape index (κ1) is 27.3. The summed E-state index contributed by atoms with van der Waals surface area (Å²) in [5.41, 5.74) is -3.36. The van der Waals surface area contributed by atoms with Crippen LogP contribution >= 0.6 is 0 Å². The number of aromatic hydroxyl groups is 1. The van der Waals surface area contributed by atoms with E-state index in [-0.39, 0.29) is 35.5 Å². The first-order chi connectivity index (χ1) is 17.7. The summed E-state index contributed by atoms with van der Waals surface area (Å²) in [6.45, 7) is -0.0966. The Labute approximate surface area is 214 Å². The molecule has 0 saturated heterocycles. The van der Waals surface area contributed by atoms with Crippen molar-refractivity contribution in [3.63, 3.8) is 0 Å². The number of rotatable bonds is 9. The highest BCUT2D eigenvalue weighted by Crippen LogP contribution is 2.46. The normalized spacial score (nSPS) is 15.2. The number of carboxylic acid groups (broad SMARTS) is 1. The molecule has 10 heteroatoms. The van der Waals surface area contributed by atoms with Gasteiger partial charge in [0.25, 0.3) is 5.92 Å². The number of fused-ring (bicyclic) bond motifs is 1. The van der Waals surface area contributed by atoms with Gasteiger partial charge in [-0.15, -0.1) is 0 Å². The molecule has 3 aromatic rings. The van der Waals surface area contributed by atoms with E-state index in [0.29, 0.717) is 42.7 Å². The lowest BCUT2D eigenvalue weighted by Crippen LogP contribution is -2.38. The molecule has 202 valence electrons. The maximum atomic E-state index is 14.3. The molecule has 1 saturated carbocycles. The SMILES string of the molecule is CC(F)(F)c1cc(C(F)(F)F)ccc1COc1c(C(=O)CCC2(C(=O)O)CCC2)cc(O)c2ccccc12. The van der Waals surface area contributed by atoms with Gasteiger partial charge in [0.1, 0.15) is 18.1 Å². The summed E-state index contributed by atoms with van der Waals surface area (Å²) >= 11 is 0. The van der Waals surface area contributed by atoms with Gasteiger partial charge >= 0.3 is 12.1 Å². The monoisotopic (exact) mass is 536 g/mol. The van der Waals surface area contributed by atoms with E-state index in [1.54, 1.807) is 24.3 Å². The van der Waals surface area contributed by atoms with Crippen LogP contribution in [-0.4, -0.2) is 22.0 Å². The van der Waals surface area contributed by atoms with E-state index in [1.807, 2.05) is 0 Å². The molecule has 3 aromatic carbocycles. The van der Waals surface area contributed by atoms with Gasteiger partial charge in [-0.25, -0.2) is 8.78 Å². The molecule has 1 fully saturated rings. The number of ketones is 1. The lowest BCUT2D eigenvalue weighted by Gasteiger charge is -2.37. The number of phenols is 1. The first-order valence-electron chi connectivity index (χ1n) is 12.0. The average molecular weight is 536 g/mol. The van der Waals surface area contributed by atoms with Crippen LogP contribution < -0.4 is 4.74 Å². The summed E-state index contributed by atoms with van der Waals surface area (Å²) in [5, 5.41) is 20.7. The van der Waals surface area contributed by atoms with Crippen molar-refractivity contribution >= 4 is 22.5 Å². The van der Waals surface area contributed by atoms with E-state index in [9.17, 15) is 41.8 Å². The van der Waals surface area contributed by atoms with Crippen LogP contribution in [0, 0.1) is 5.41 Å². The Morgan fingerprint density at radius 3 is 2.21 bits per heavy atom. The molecule has 0 bridgehead atoms. The van der Waals surface area contributed by atoms with Crippen LogP contribution in [0.5, 0.6) is 11.5 Å². The third kappa shape index (κ3) is 5.30. The summed E-state index contributed by atoms with van der Waals surface area (Å²) < 4.78 is 73.9. The predicted molar refractivity (Wildman–Crippen MR) is 128 cm³/mol. The first-order valence-corrected chi connectivity index (χ1v) is 12.0. The van der Waals surface area contributed by atoms with Gasteiger partial charge in [0.2, 0.25) is 0 Å². The zero-order chi connectivity index (χ0) is 27.9. The highest BCUT2D eigenvalue weighted by Gasteiger charge is 2.44. The van der Waals surface area contributed by atoms with Crippen molar-refractivity contribution in [3.05, 3.63) is 70.8 Å². The van der Waals surface area contributed by atoms with Crippen LogP contribution in [0.3, 0.4) is 0 Å². The lowest BCUT2D eigenvalue weighted by molar-refractivity contribution is -0.155. The fourth-order valence-electron chi connectivity index (χ4n) is 4.79. The maximum Gasteiger partial charge on any atom is 0.416 e. The van der Waals surface area contributed by atoms with Crippen molar-refractivity contribution in [1.29, 1.82) is 0 Å². The zero-order valence-corrected chi connectivity index (χ0v) is 20.4. The fourth-order valence-corrected chi connectivity index (χ4v) is 4.79. The topological polar surface area (TPSA) is 83.8 Å². The van der Waals surface area contributed by atoms with E-state index >= 15 is 0 Å². The molecule has 0 radical (unpaired) electrons. The van der Waals surface area contributed by atoms with Crippen LogP contribution in [0.1, 0.15) is 66.1 Å². The molecule has 0 aliphatic heterocycles.